The summed E-state index contributed by atoms with van der Waals surface area (Å²) in [6.45, 7) is -0.414. The molecule has 0 atom stereocenters. The van der Waals surface area contributed by atoms with Gasteiger partial charge in [0, 0.05) is 11.8 Å². The minimum atomic E-state index is -3.77. The van der Waals surface area contributed by atoms with Gasteiger partial charge in [0.25, 0.3) is 0 Å². The molecule has 1 amide bonds. The van der Waals surface area contributed by atoms with Crippen molar-refractivity contribution in [2.75, 3.05) is 36.6 Å². The van der Waals surface area contributed by atoms with E-state index in [1.165, 1.54) is 33.1 Å². The Labute approximate surface area is 183 Å². The molecule has 0 aliphatic heterocycles. The van der Waals surface area contributed by atoms with Crippen LogP contribution >= 0.6 is 0 Å². The van der Waals surface area contributed by atoms with Crippen molar-refractivity contribution in [3.8, 4) is 17.2 Å². The van der Waals surface area contributed by atoms with Gasteiger partial charge in [-0.3, -0.25) is 9.10 Å². The summed E-state index contributed by atoms with van der Waals surface area (Å²) < 4.78 is 42.2. The van der Waals surface area contributed by atoms with Crippen LogP contribution in [0, 0.1) is 0 Å². The van der Waals surface area contributed by atoms with Gasteiger partial charge < -0.3 is 19.5 Å². The maximum atomic E-state index is 12.6. The van der Waals surface area contributed by atoms with Crippen molar-refractivity contribution in [3.63, 3.8) is 0 Å². The third-order valence-electron chi connectivity index (χ3n) is 5.09. The van der Waals surface area contributed by atoms with Gasteiger partial charge >= 0.3 is 0 Å². The monoisotopic (exact) mass is 448 g/mol. The summed E-state index contributed by atoms with van der Waals surface area (Å²) in [5.74, 6) is 1.03. The molecular formula is C22H28N2O6S. The predicted molar refractivity (Wildman–Crippen MR) is 120 cm³/mol. The summed E-state index contributed by atoms with van der Waals surface area (Å²) in [6, 6.07) is 11.8. The standard InChI is InChI=1S/C22H28N2O6S/c1-28-19-12-13-21(29-2)20(14-19)24(31(3,26)27)15-22(25)23-16-8-10-18(11-9-16)30-17-6-4-5-7-17/h8-14,17H,4-7,15H2,1-3H3,(H,23,25). The number of amides is 1. The zero-order valence-electron chi connectivity index (χ0n) is 18.0. The van der Waals surface area contributed by atoms with Crippen LogP contribution in [0.15, 0.2) is 42.5 Å². The Balaban J connectivity index is 1.72. The molecule has 0 saturated heterocycles. The summed E-state index contributed by atoms with van der Waals surface area (Å²) in [7, 11) is -0.859. The van der Waals surface area contributed by atoms with Crippen LogP contribution in [-0.2, 0) is 14.8 Å². The minimum Gasteiger partial charge on any atom is -0.497 e. The number of sulfonamides is 1. The summed E-state index contributed by atoms with van der Waals surface area (Å²) in [4.78, 5) is 12.6. The van der Waals surface area contributed by atoms with Gasteiger partial charge in [-0.15, -0.1) is 0 Å². The number of carbonyl (C=O) groups is 1. The number of hydrogen-bond acceptors (Lipinski definition) is 6. The largest absolute Gasteiger partial charge is 0.497 e. The predicted octanol–water partition coefficient (Wildman–Crippen LogP) is 3.43. The molecule has 9 heteroatoms. The molecule has 0 bridgehead atoms. The second kappa shape index (κ2) is 9.91. The highest BCUT2D eigenvalue weighted by atomic mass is 32.2. The van der Waals surface area contributed by atoms with Crippen LogP contribution < -0.4 is 23.8 Å². The summed E-state index contributed by atoms with van der Waals surface area (Å²) in [5.41, 5.74) is 0.773. The molecule has 0 unspecified atom stereocenters. The molecule has 31 heavy (non-hydrogen) atoms. The molecule has 168 valence electrons. The van der Waals surface area contributed by atoms with E-state index in [4.69, 9.17) is 14.2 Å². The molecule has 3 rings (SSSR count). The molecule has 1 aliphatic rings. The van der Waals surface area contributed by atoms with Crippen molar-refractivity contribution in [3.05, 3.63) is 42.5 Å². The Bertz CT molecular complexity index is 1000. The quantitative estimate of drug-likeness (QED) is 0.632. The van der Waals surface area contributed by atoms with E-state index >= 15 is 0 Å². The first-order valence-corrected chi connectivity index (χ1v) is 11.9. The summed E-state index contributed by atoms with van der Waals surface area (Å²) in [6.07, 6.45) is 5.79. The van der Waals surface area contributed by atoms with Gasteiger partial charge in [0.05, 0.1) is 32.3 Å². The van der Waals surface area contributed by atoms with Crippen LogP contribution in [0.4, 0.5) is 11.4 Å². The van der Waals surface area contributed by atoms with Crippen molar-refractivity contribution in [1.82, 2.24) is 0 Å². The minimum absolute atomic E-state index is 0.222. The van der Waals surface area contributed by atoms with Crippen LogP contribution in [0.25, 0.3) is 0 Å². The van der Waals surface area contributed by atoms with E-state index in [0.717, 1.165) is 29.2 Å². The Hall–Kier alpha value is -2.94. The lowest BCUT2D eigenvalue weighted by Gasteiger charge is -2.24. The third kappa shape index (κ3) is 6.04. The second-order valence-corrected chi connectivity index (χ2v) is 9.31. The first kappa shape index (κ1) is 22.7. The molecule has 0 radical (unpaired) electrons. The van der Waals surface area contributed by atoms with E-state index in [1.807, 2.05) is 0 Å². The van der Waals surface area contributed by atoms with Gasteiger partial charge in [-0.2, -0.15) is 0 Å². The van der Waals surface area contributed by atoms with Crippen LogP contribution in [0.3, 0.4) is 0 Å². The van der Waals surface area contributed by atoms with E-state index in [0.29, 0.717) is 17.2 Å². The number of carbonyl (C=O) groups excluding carboxylic acids is 1. The average Bonchev–Trinajstić information content (AvgIpc) is 3.25. The fourth-order valence-corrected chi connectivity index (χ4v) is 4.37. The Morgan fingerprint density at radius 1 is 1.03 bits per heavy atom. The maximum absolute atomic E-state index is 12.6. The molecule has 0 spiro atoms. The average molecular weight is 449 g/mol. The number of hydrogen-bond donors (Lipinski definition) is 1. The first-order valence-electron chi connectivity index (χ1n) is 10.1. The lowest BCUT2D eigenvalue weighted by molar-refractivity contribution is -0.114. The SMILES string of the molecule is COc1ccc(OC)c(N(CC(=O)Nc2ccc(OC3CCCC3)cc2)S(C)(=O)=O)c1. The number of anilines is 2. The number of rotatable bonds is 9. The van der Waals surface area contributed by atoms with E-state index < -0.39 is 22.5 Å². The molecule has 0 aromatic heterocycles. The number of nitrogens with zero attached hydrogens (tertiary/aromatic N) is 1. The second-order valence-electron chi connectivity index (χ2n) is 7.40. The molecular weight excluding hydrogens is 420 g/mol. The smallest absolute Gasteiger partial charge is 0.245 e. The van der Waals surface area contributed by atoms with Gasteiger partial charge in [-0.05, 0) is 62.1 Å². The van der Waals surface area contributed by atoms with Gasteiger partial charge in [0.2, 0.25) is 15.9 Å². The summed E-state index contributed by atoms with van der Waals surface area (Å²) in [5, 5.41) is 2.73. The fraction of sp³-hybridized carbons (Fsp3) is 0.409. The van der Waals surface area contributed by atoms with Crippen molar-refractivity contribution in [1.29, 1.82) is 0 Å². The van der Waals surface area contributed by atoms with E-state index in [9.17, 15) is 13.2 Å². The van der Waals surface area contributed by atoms with E-state index in [1.54, 1.807) is 36.4 Å². The van der Waals surface area contributed by atoms with Crippen molar-refractivity contribution in [2.24, 2.45) is 0 Å². The first-order chi connectivity index (χ1) is 14.8. The number of nitrogens with one attached hydrogen (secondary N) is 1. The lowest BCUT2D eigenvalue weighted by atomic mass is 10.2. The summed E-state index contributed by atoms with van der Waals surface area (Å²) >= 11 is 0. The maximum Gasteiger partial charge on any atom is 0.245 e. The molecule has 2 aromatic rings. The zero-order chi connectivity index (χ0) is 22.4. The van der Waals surface area contributed by atoms with Gasteiger partial charge in [0.1, 0.15) is 23.8 Å². The van der Waals surface area contributed by atoms with Gasteiger partial charge in [-0.1, -0.05) is 0 Å². The van der Waals surface area contributed by atoms with Crippen LogP contribution in [0.2, 0.25) is 0 Å². The highest BCUT2D eigenvalue weighted by molar-refractivity contribution is 7.92. The Kier molecular flexibility index (Phi) is 7.27. The normalized spacial score (nSPS) is 14.2. The molecule has 8 nitrogen and oxygen atoms in total. The van der Waals surface area contributed by atoms with Crippen LogP contribution in [-0.4, -0.2) is 47.4 Å². The van der Waals surface area contributed by atoms with Gasteiger partial charge in [0.15, 0.2) is 0 Å². The molecule has 1 fully saturated rings. The fourth-order valence-electron chi connectivity index (χ4n) is 3.52. The zero-order valence-corrected chi connectivity index (χ0v) is 18.8. The van der Waals surface area contributed by atoms with Crippen molar-refractivity contribution < 1.29 is 27.4 Å². The Morgan fingerprint density at radius 3 is 2.26 bits per heavy atom. The molecule has 1 saturated carbocycles. The lowest BCUT2D eigenvalue weighted by Crippen LogP contribution is -2.37. The number of benzene rings is 2. The molecule has 2 aromatic carbocycles. The van der Waals surface area contributed by atoms with Crippen LogP contribution in [0.1, 0.15) is 25.7 Å². The van der Waals surface area contributed by atoms with E-state index in [-0.39, 0.29) is 11.8 Å². The van der Waals surface area contributed by atoms with E-state index in [2.05, 4.69) is 5.32 Å². The molecule has 0 heterocycles. The highest BCUT2D eigenvalue weighted by Crippen LogP contribution is 2.33. The van der Waals surface area contributed by atoms with Crippen LogP contribution in [0.5, 0.6) is 17.2 Å². The number of methoxy groups -OCH3 is 2. The van der Waals surface area contributed by atoms with Gasteiger partial charge in [-0.25, -0.2) is 8.42 Å². The van der Waals surface area contributed by atoms with Crippen molar-refractivity contribution >= 4 is 27.3 Å². The van der Waals surface area contributed by atoms with Crippen molar-refractivity contribution in [2.45, 2.75) is 31.8 Å². The topological polar surface area (TPSA) is 94.2 Å². The third-order valence-corrected chi connectivity index (χ3v) is 6.21. The molecule has 1 aliphatic carbocycles. The number of ether oxygens (including phenoxy) is 3. The highest BCUT2D eigenvalue weighted by Gasteiger charge is 2.25. The molecule has 1 N–H and O–H groups in total. The Morgan fingerprint density at radius 2 is 1.68 bits per heavy atom.